The Morgan fingerprint density at radius 1 is 1.46 bits per heavy atom. The molecular weight excluding hydrogens is 304 g/mol. The summed E-state index contributed by atoms with van der Waals surface area (Å²) in [6.07, 6.45) is 5.22. The Morgan fingerprint density at radius 2 is 2.29 bits per heavy atom. The third-order valence-electron chi connectivity index (χ3n) is 4.90. The molecule has 1 saturated heterocycles. The first-order chi connectivity index (χ1) is 11.7. The van der Waals surface area contributed by atoms with Crippen LogP contribution in [0.15, 0.2) is 30.5 Å². The van der Waals surface area contributed by atoms with Crippen molar-refractivity contribution in [3.63, 3.8) is 0 Å². The van der Waals surface area contributed by atoms with Crippen molar-refractivity contribution in [2.75, 3.05) is 13.2 Å². The van der Waals surface area contributed by atoms with Crippen molar-refractivity contribution in [3.05, 3.63) is 36.0 Å². The van der Waals surface area contributed by atoms with Crippen molar-refractivity contribution in [1.82, 2.24) is 10.3 Å². The Morgan fingerprint density at radius 3 is 3.08 bits per heavy atom. The Balaban J connectivity index is 1.63. The molecule has 0 unspecified atom stereocenters. The predicted molar refractivity (Wildman–Crippen MR) is 93.8 cm³/mol. The first-order valence-electron chi connectivity index (χ1n) is 8.79. The summed E-state index contributed by atoms with van der Waals surface area (Å²) in [5.74, 6) is 0.0244. The molecule has 0 spiro atoms. The van der Waals surface area contributed by atoms with Gasteiger partial charge < -0.3 is 20.1 Å². The Bertz CT molecular complexity index is 682. The number of aromatic amines is 1. The zero-order valence-electron chi connectivity index (χ0n) is 14.1. The van der Waals surface area contributed by atoms with E-state index in [4.69, 9.17) is 4.74 Å². The van der Waals surface area contributed by atoms with Gasteiger partial charge in [0, 0.05) is 29.6 Å². The lowest BCUT2D eigenvalue weighted by atomic mass is 9.93. The summed E-state index contributed by atoms with van der Waals surface area (Å²) in [4.78, 5) is 15.8. The number of fused-ring (bicyclic) bond motifs is 1. The van der Waals surface area contributed by atoms with Crippen LogP contribution in [0.4, 0.5) is 0 Å². The van der Waals surface area contributed by atoms with Crippen molar-refractivity contribution in [1.29, 1.82) is 0 Å². The average molecular weight is 330 g/mol. The van der Waals surface area contributed by atoms with Gasteiger partial charge in [0.15, 0.2) is 0 Å². The molecule has 0 aliphatic carbocycles. The number of para-hydroxylation sites is 1. The maximum absolute atomic E-state index is 12.5. The molecule has 1 aromatic heterocycles. The van der Waals surface area contributed by atoms with E-state index in [0.717, 1.165) is 35.7 Å². The number of ether oxygens (including phenoxy) is 1. The standard InChI is InChI=1S/C19H26N2O3/c1-2-16-10-13(7-8-24-16)19(23)21-15(12-22)9-14-11-20-18-6-4-3-5-17(14)18/h3-6,11,13,15-16,20,22H,2,7-10,12H2,1H3,(H,21,23)/t13-,15-,16+/m0/s1. The molecule has 24 heavy (non-hydrogen) atoms. The van der Waals surface area contributed by atoms with E-state index >= 15 is 0 Å². The highest BCUT2D eigenvalue weighted by atomic mass is 16.5. The smallest absolute Gasteiger partial charge is 0.223 e. The lowest BCUT2D eigenvalue weighted by Crippen LogP contribution is -2.44. The van der Waals surface area contributed by atoms with Crippen molar-refractivity contribution in [3.8, 4) is 0 Å². The second kappa shape index (κ2) is 7.81. The Hall–Kier alpha value is -1.85. The van der Waals surface area contributed by atoms with Crippen molar-refractivity contribution >= 4 is 16.8 Å². The number of rotatable bonds is 6. The molecule has 1 amide bonds. The molecule has 3 atom stereocenters. The zero-order chi connectivity index (χ0) is 16.9. The molecule has 1 fully saturated rings. The summed E-state index contributed by atoms with van der Waals surface area (Å²) < 4.78 is 5.64. The van der Waals surface area contributed by atoms with Gasteiger partial charge >= 0.3 is 0 Å². The van der Waals surface area contributed by atoms with Gasteiger partial charge in [-0.1, -0.05) is 25.1 Å². The number of hydrogen-bond acceptors (Lipinski definition) is 3. The molecule has 3 rings (SSSR count). The highest BCUT2D eigenvalue weighted by molar-refractivity contribution is 5.83. The van der Waals surface area contributed by atoms with E-state index in [0.29, 0.717) is 13.0 Å². The molecule has 5 nitrogen and oxygen atoms in total. The van der Waals surface area contributed by atoms with Gasteiger partial charge in [0.2, 0.25) is 5.91 Å². The fourth-order valence-electron chi connectivity index (χ4n) is 3.45. The number of H-pyrrole nitrogens is 1. The molecular formula is C19H26N2O3. The van der Waals surface area contributed by atoms with E-state index in [1.54, 1.807) is 0 Å². The number of hydrogen-bond donors (Lipinski definition) is 3. The topological polar surface area (TPSA) is 74.4 Å². The van der Waals surface area contributed by atoms with Crippen LogP contribution in [0.5, 0.6) is 0 Å². The molecule has 3 N–H and O–H groups in total. The molecule has 1 aromatic carbocycles. The fourth-order valence-corrected chi connectivity index (χ4v) is 3.45. The van der Waals surface area contributed by atoms with Gasteiger partial charge in [-0.3, -0.25) is 4.79 Å². The summed E-state index contributed by atoms with van der Waals surface area (Å²) in [6.45, 7) is 2.66. The highest BCUT2D eigenvalue weighted by Crippen LogP contribution is 2.23. The fraction of sp³-hybridized carbons (Fsp3) is 0.526. The minimum absolute atomic E-state index is 0.0132. The van der Waals surface area contributed by atoms with Crippen LogP contribution in [0, 0.1) is 5.92 Å². The van der Waals surface area contributed by atoms with Crippen LogP contribution in [0.1, 0.15) is 31.7 Å². The second-order valence-electron chi connectivity index (χ2n) is 6.57. The van der Waals surface area contributed by atoms with Crippen LogP contribution in [-0.4, -0.2) is 41.4 Å². The summed E-state index contributed by atoms with van der Waals surface area (Å²) in [7, 11) is 0. The van der Waals surface area contributed by atoms with Gasteiger partial charge in [0.05, 0.1) is 18.8 Å². The maximum atomic E-state index is 12.5. The Kier molecular flexibility index (Phi) is 5.53. The van der Waals surface area contributed by atoms with Gasteiger partial charge in [0.25, 0.3) is 0 Å². The van der Waals surface area contributed by atoms with E-state index in [9.17, 15) is 9.90 Å². The summed E-state index contributed by atoms with van der Waals surface area (Å²) in [6, 6.07) is 7.81. The highest BCUT2D eigenvalue weighted by Gasteiger charge is 2.28. The van der Waals surface area contributed by atoms with Crippen molar-refractivity contribution < 1.29 is 14.6 Å². The molecule has 2 aromatic rings. The van der Waals surface area contributed by atoms with Crippen LogP contribution in [-0.2, 0) is 16.0 Å². The minimum Gasteiger partial charge on any atom is -0.394 e. The van der Waals surface area contributed by atoms with Crippen molar-refractivity contribution in [2.24, 2.45) is 5.92 Å². The largest absolute Gasteiger partial charge is 0.394 e. The molecule has 1 aliphatic heterocycles. The van der Waals surface area contributed by atoms with Crippen LogP contribution in [0.3, 0.4) is 0 Å². The van der Waals surface area contributed by atoms with E-state index in [2.05, 4.69) is 23.3 Å². The van der Waals surface area contributed by atoms with Gasteiger partial charge in [0.1, 0.15) is 0 Å². The maximum Gasteiger partial charge on any atom is 0.223 e. The van der Waals surface area contributed by atoms with Gasteiger partial charge in [-0.05, 0) is 37.3 Å². The summed E-state index contributed by atoms with van der Waals surface area (Å²) >= 11 is 0. The Labute approximate surface area is 142 Å². The second-order valence-corrected chi connectivity index (χ2v) is 6.57. The van der Waals surface area contributed by atoms with Gasteiger partial charge in [-0.2, -0.15) is 0 Å². The van der Waals surface area contributed by atoms with Crippen LogP contribution < -0.4 is 5.32 Å². The molecule has 1 aliphatic rings. The van der Waals surface area contributed by atoms with Crippen LogP contribution in [0.25, 0.3) is 10.9 Å². The predicted octanol–water partition coefficient (Wildman–Crippen LogP) is 2.39. The third-order valence-corrected chi connectivity index (χ3v) is 4.90. The molecule has 2 heterocycles. The molecule has 0 radical (unpaired) electrons. The number of nitrogens with one attached hydrogen (secondary N) is 2. The van der Waals surface area contributed by atoms with Gasteiger partial charge in [-0.25, -0.2) is 0 Å². The molecule has 0 bridgehead atoms. The zero-order valence-corrected chi connectivity index (χ0v) is 14.1. The molecule has 5 heteroatoms. The van der Waals surface area contributed by atoms with E-state index < -0.39 is 0 Å². The molecule has 0 saturated carbocycles. The number of carbonyl (C=O) groups is 1. The van der Waals surface area contributed by atoms with E-state index in [-0.39, 0.29) is 30.6 Å². The average Bonchev–Trinajstić information content (AvgIpc) is 3.04. The third kappa shape index (κ3) is 3.79. The lowest BCUT2D eigenvalue weighted by Gasteiger charge is -2.29. The van der Waals surface area contributed by atoms with E-state index in [1.165, 1.54) is 0 Å². The number of benzene rings is 1. The number of aliphatic hydroxyl groups is 1. The van der Waals surface area contributed by atoms with Crippen LogP contribution >= 0.6 is 0 Å². The number of aliphatic hydroxyl groups excluding tert-OH is 1. The quantitative estimate of drug-likeness (QED) is 0.761. The normalized spacial score (nSPS) is 22.4. The monoisotopic (exact) mass is 330 g/mol. The molecule has 130 valence electrons. The summed E-state index contributed by atoms with van der Waals surface area (Å²) in [5, 5.41) is 13.9. The first-order valence-corrected chi connectivity index (χ1v) is 8.79. The number of carbonyl (C=O) groups excluding carboxylic acids is 1. The number of amides is 1. The summed E-state index contributed by atoms with van der Waals surface area (Å²) in [5.41, 5.74) is 2.19. The minimum atomic E-state index is -0.264. The first kappa shape index (κ1) is 17.0. The lowest BCUT2D eigenvalue weighted by molar-refractivity contribution is -0.131. The number of aromatic nitrogens is 1. The van der Waals surface area contributed by atoms with Gasteiger partial charge in [-0.15, -0.1) is 0 Å². The SMILES string of the molecule is CC[C@@H]1C[C@@H](C(=O)N[C@H](CO)Cc2c[nH]c3ccccc23)CCO1. The van der Waals surface area contributed by atoms with E-state index in [1.807, 2.05) is 24.4 Å². The van der Waals surface area contributed by atoms with Crippen LogP contribution in [0.2, 0.25) is 0 Å². The van der Waals surface area contributed by atoms with Crippen molar-refractivity contribution in [2.45, 2.75) is 44.8 Å².